The van der Waals surface area contributed by atoms with Gasteiger partial charge in [0.15, 0.2) is 0 Å². The van der Waals surface area contributed by atoms with Crippen LogP contribution in [0.4, 0.5) is 10.1 Å². The van der Waals surface area contributed by atoms with Gasteiger partial charge in [-0.05, 0) is 30.8 Å². The number of aromatic amines is 1. The molecule has 0 atom stereocenters. The quantitative estimate of drug-likeness (QED) is 0.790. The molecule has 0 saturated carbocycles. The first-order valence-electron chi connectivity index (χ1n) is 7.87. The van der Waals surface area contributed by atoms with Crippen molar-refractivity contribution < 1.29 is 4.39 Å². The molecule has 1 aliphatic heterocycles. The van der Waals surface area contributed by atoms with Gasteiger partial charge in [0.2, 0.25) is 0 Å². The van der Waals surface area contributed by atoms with E-state index in [0.717, 1.165) is 42.7 Å². The highest BCUT2D eigenvalue weighted by Crippen LogP contribution is 2.29. The fourth-order valence-corrected chi connectivity index (χ4v) is 3.13. The van der Waals surface area contributed by atoms with Gasteiger partial charge in [0.1, 0.15) is 11.5 Å². The second-order valence-electron chi connectivity index (χ2n) is 6.09. The molecule has 1 aliphatic rings. The molecule has 0 amide bonds. The Hall–Kier alpha value is -2.40. The molecule has 1 aromatic carbocycles. The molecule has 1 fully saturated rings. The van der Waals surface area contributed by atoms with Gasteiger partial charge in [-0.2, -0.15) is 0 Å². The molecule has 2 aromatic heterocycles. The van der Waals surface area contributed by atoms with Crippen LogP contribution in [-0.4, -0.2) is 48.1 Å². The van der Waals surface area contributed by atoms with E-state index >= 15 is 0 Å². The van der Waals surface area contributed by atoms with E-state index in [0.29, 0.717) is 5.65 Å². The number of anilines is 1. The second-order valence-corrected chi connectivity index (χ2v) is 6.09. The molecule has 23 heavy (non-hydrogen) atoms. The van der Waals surface area contributed by atoms with Crippen LogP contribution >= 0.6 is 0 Å². The number of rotatable bonds is 2. The lowest BCUT2D eigenvalue weighted by Gasteiger charge is -2.34. The third-order valence-electron chi connectivity index (χ3n) is 4.54. The molecule has 1 saturated heterocycles. The van der Waals surface area contributed by atoms with Crippen molar-refractivity contribution in [3.63, 3.8) is 0 Å². The van der Waals surface area contributed by atoms with Gasteiger partial charge < -0.3 is 14.8 Å². The van der Waals surface area contributed by atoms with E-state index < -0.39 is 0 Å². The third kappa shape index (κ3) is 2.68. The average molecular weight is 310 g/mol. The van der Waals surface area contributed by atoms with Crippen LogP contribution in [0.15, 0.2) is 42.7 Å². The molecule has 0 spiro atoms. The molecule has 0 bridgehead atoms. The summed E-state index contributed by atoms with van der Waals surface area (Å²) in [6.45, 7) is 4.29. The van der Waals surface area contributed by atoms with Crippen LogP contribution < -0.4 is 4.90 Å². The molecule has 0 aliphatic carbocycles. The number of halogens is 1. The van der Waals surface area contributed by atoms with Gasteiger partial charge in [-0.15, -0.1) is 0 Å². The first-order valence-corrected chi connectivity index (χ1v) is 7.87. The first kappa shape index (κ1) is 14.2. The maximum atomic E-state index is 13.5. The lowest BCUT2D eigenvalue weighted by molar-refractivity contribution is 0.313. The minimum absolute atomic E-state index is 0.313. The molecule has 3 aromatic rings. The Labute approximate surface area is 134 Å². The number of hydrogen-bond donors (Lipinski definition) is 1. The Bertz CT molecular complexity index is 817. The highest BCUT2D eigenvalue weighted by Gasteiger charge is 2.14. The molecule has 0 unspecified atom stereocenters. The van der Waals surface area contributed by atoms with E-state index in [4.69, 9.17) is 0 Å². The summed E-state index contributed by atoms with van der Waals surface area (Å²) in [5.74, 6) is -0.313. The lowest BCUT2D eigenvalue weighted by atomic mass is 10.1. The minimum atomic E-state index is -0.313. The Kier molecular flexibility index (Phi) is 3.50. The van der Waals surface area contributed by atoms with Gasteiger partial charge in [-0.1, -0.05) is 12.1 Å². The molecule has 4 nitrogen and oxygen atoms in total. The number of benzene rings is 1. The van der Waals surface area contributed by atoms with Crippen molar-refractivity contribution in [1.82, 2.24) is 14.9 Å². The second kappa shape index (κ2) is 5.66. The van der Waals surface area contributed by atoms with Crippen molar-refractivity contribution in [1.29, 1.82) is 0 Å². The van der Waals surface area contributed by atoms with Gasteiger partial charge >= 0.3 is 0 Å². The largest absolute Gasteiger partial charge is 0.369 e. The van der Waals surface area contributed by atoms with Crippen LogP contribution in [-0.2, 0) is 0 Å². The van der Waals surface area contributed by atoms with Gasteiger partial charge in [0, 0.05) is 49.0 Å². The maximum Gasteiger partial charge on any atom is 0.142 e. The smallest absolute Gasteiger partial charge is 0.142 e. The molecular weight excluding hydrogens is 291 g/mol. The standard InChI is InChI=1S/C18H19FN4/c1-22-6-8-23(9-7-22)15-4-2-13(3-5-15)17-12-21-18-16(17)10-14(19)11-20-18/h2-5,10-12H,6-9H2,1H3,(H,20,21). The number of H-pyrrole nitrogens is 1. The topological polar surface area (TPSA) is 35.2 Å². The van der Waals surface area contributed by atoms with Gasteiger partial charge in [0.25, 0.3) is 0 Å². The molecule has 4 rings (SSSR count). The predicted molar refractivity (Wildman–Crippen MR) is 91.2 cm³/mol. The summed E-state index contributed by atoms with van der Waals surface area (Å²) in [5, 5.41) is 0.817. The summed E-state index contributed by atoms with van der Waals surface area (Å²) in [5.41, 5.74) is 4.01. The van der Waals surface area contributed by atoms with Crippen molar-refractivity contribution in [2.45, 2.75) is 0 Å². The zero-order chi connectivity index (χ0) is 15.8. The van der Waals surface area contributed by atoms with E-state index in [1.807, 2.05) is 6.20 Å². The van der Waals surface area contributed by atoms with Crippen LogP contribution in [0, 0.1) is 5.82 Å². The predicted octanol–water partition coefficient (Wildman–Crippen LogP) is 3.12. The summed E-state index contributed by atoms with van der Waals surface area (Å²) in [7, 11) is 2.16. The highest BCUT2D eigenvalue weighted by atomic mass is 19.1. The van der Waals surface area contributed by atoms with Crippen LogP contribution in [0.5, 0.6) is 0 Å². The van der Waals surface area contributed by atoms with Crippen LogP contribution in [0.25, 0.3) is 22.2 Å². The zero-order valence-electron chi connectivity index (χ0n) is 13.1. The number of pyridine rings is 1. The van der Waals surface area contributed by atoms with Crippen LogP contribution in [0.1, 0.15) is 0 Å². The van der Waals surface area contributed by atoms with Gasteiger partial charge in [-0.25, -0.2) is 9.37 Å². The van der Waals surface area contributed by atoms with Gasteiger partial charge in [-0.3, -0.25) is 0 Å². The first-order chi connectivity index (χ1) is 11.2. The average Bonchev–Trinajstić information content (AvgIpc) is 2.99. The zero-order valence-corrected chi connectivity index (χ0v) is 13.1. The van der Waals surface area contributed by atoms with E-state index in [9.17, 15) is 4.39 Å². The number of aromatic nitrogens is 2. The lowest BCUT2D eigenvalue weighted by Crippen LogP contribution is -2.44. The fourth-order valence-electron chi connectivity index (χ4n) is 3.13. The van der Waals surface area contributed by atoms with Crippen LogP contribution in [0.3, 0.4) is 0 Å². The minimum Gasteiger partial charge on any atom is -0.369 e. The van der Waals surface area contributed by atoms with Crippen molar-refractivity contribution in [2.75, 3.05) is 38.1 Å². The van der Waals surface area contributed by atoms with Crippen LogP contribution in [0.2, 0.25) is 0 Å². The Balaban J connectivity index is 1.63. The molecular formula is C18H19FN4. The monoisotopic (exact) mass is 310 g/mol. The van der Waals surface area contributed by atoms with E-state index in [2.05, 4.69) is 51.1 Å². The Morgan fingerprint density at radius 3 is 2.57 bits per heavy atom. The molecule has 3 heterocycles. The summed E-state index contributed by atoms with van der Waals surface area (Å²) in [6, 6.07) is 10.0. The number of fused-ring (bicyclic) bond motifs is 1. The van der Waals surface area contributed by atoms with Crippen molar-refractivity contribution >= 4 is 16.7 Å². The molecule has 1 N–H and O–H groups in total. The normalized spacial score (nSPS) is 16.2. The fraction of sp³-hybridized carbons (Fsp3) is 0.278. The number of nitrogens with one attached hydrogen (secondary N) is 1. The van der Waals surface area contributed by atoms with E-state index in [-0.39, 0.29) is 5.82 Å². The summed E-state index contributed by atoms with van der Waals surface area (Å²) >= 11 is 0. The van der Waals surface area contributed by atoms with Gasteiger partial charge in [0.05, 0.1) is 6.20 Å². The van der Waals surface area contributed by atoms with Crippen molar-refractivity contribution in [3.8, 4) is 11.1 Å². The Morgan fingerprint density at radius 2 is 1.83 bits per heavy atom. The van der Waals surface area contributed by atoms with Crippen molar-refractivity contribution in [3.05, 3.63) is 48.5 Å². The highest BCUT2D eigenvalue weighted by molar-refractivity contribution is 5.93. The number of piperazine rings is 1. The van der Waals surface area contributed by atoms with E-state index in [1.165, 1.54) is 18.0 Å². The number of hydrogen-bond acceptors (Lipinski definition) is 3. The number of nitrogens with zero attached hydrogens (tertiary/aromatic N) is 3. The summed E-state index contributed by atoms with van der Waals surface area (Å²) in [4.78, 5) is 11.9. The Morgan fingerprint density at radius 1 is 1.09 bits per heavy atom. The third-order valence-corrected chi connectivity index (χ3v) is 4.54. The molecule has 5 heteroatoms. The molecule has 0 radical (unpaired) electrons. The maximum absolute atomic E-state index is 13.5. The summed E-state index contributed by atoms with van der Waals surface area (Å²) < 4.78 is 13.5. The molecule has 118 valence electrons. The van der Waals surface area contributed by atoms with Crippen molar-refractivity contribution in [2.24, 2.45) is 0 Å². The van der Waals surface area contributed by atoms with E-state index in [1.54, 1.807) is 0 Å². The number of likely N-dealkylation sites (N-methyl/N-ethyl adjacent to an activating group) is 1. The SMILES string of the molecule is CN1CCN(c2ccc(-c3c[nH]c4ncc(F)cc34)cc2)CC1. The summed E-state index contributed by atoms with van der Waals surface area (Å²) in [6.07, 6.45) is 3.13.